The van der Waals surface area contributed by atoms with E-state index in [1.165, 1.54) is 0 Å². The van der Waals surface area contributed by atoms with Gasteiger partial charge in [0.1, 0.15) is 5.37 Å². The maximum Gasteiger partial charge on any atom is 0.170 e. The highest BCUT2D eigenvalue weighted by atomic mass is 32.2. The minimum atomic E-state index is -1.85. The number of aromatic amines is 1. The predicted octanol–water partition coefficient (Wildman–Crippen LogP) is 1.48. The predicted molar refractivity (Wildman–Crippen MR) is 65.6 cm³/mol. The van der Waals surface area contributed by atoms with Crippen LogP contribution in [0.5, 0.6) is 0 Å². The van der Waals surface area contributed by atoms with Gasteiger partial charge in [0, 0.05) is 18.1 Å². The molecule has 0 aliphatic rings. The highest BCUT2D eigenvalue weighted by molar-refractivity contribution is 7.79. The zero-order chi connectivity index (χ0) is 11.5. The minimum Gasteiger partial charge on any atom is -0.361 e. The van der Waals surface area contributed by atoms with Crippen molar-refractivity contribution >= 4 is 22.0 Å². The van der Waals surface area contributed by atoms with E-state index in [2.05, 4.69) is 10.3 Å². The number of nitrogens with one attached hydrogen (secondary N) is 2. The van der Waals surface area contributed by atoms with Crippen molar-refractivity contribution in [1.82, 2.24) is 10.3 Å². The lowest BCUT2D eigenvalue weighted by molar-refractivity contribution is 0.532. The maximum atomic E-state index is 11.0. The summed E-state index contributed by atoms with van der Waals surface area (Å²) in [7, 11) is 1.69. The molecule has 1 heterocycles. The van der Waals surface area contributed by atoms with Crippen LogP contribution < -0.4 is 5.32 Å². The molecule has 1 aromatic heterocycles. The molecule has 3 N–H and O–H groups in total. The molecule has 2 aromatic rings. The molecule has 5 heteroatoms. The highest BCUT2D eigenvalue weighted by Gasteiger charge is 2.13. The summed E-state index contributed by atoms with van der Waals surface area (Å²) in [4.78, 5) is 3.11. The van der Waals surface area contributed by atoms with Crippen LogP contribution in [0.4, 0.5) is 0 Å². The Balaban J connectivity index is 2.23. The van der Waals surface area contributed by atoms with Crippen molar-refractivity contribution in [3.05, 3.63) is 36.0 Å². The zero-order valence-electron chi connectivity index (χ0n) is 8.93. The van der Waals surface area contributed by atoms with Gasteiger partial charge in [-0.05, 0) is 36.2 Å². The monoisotopic (exact) mass is 238 g/mol. The van der Waals surface area contributed by atoms with Crippen molar-refractivity contribution in [3.63, 3.8) is 0 Å². The van der Waals surface area contributed by atoms with E-state index in [0.29, 0.717) is 6.42 Å². The Bertz CT molecular complexity index is 509. The van der Waals surface area contributed by atoms with E-state index in [4.69, 9.17) is 4.55 Å². The normalized spacial score (nSPS) is 15.1. The van der Waals surface area contributed by atoms with Crippen LogP contribution in [0.2, 0.25) is 0 Å². The van der Waals surface area contributed by atoms with Gasteiger partial charge in [0.05, 0.1) is 0 Å². The van der Waals surface area contributed by atoms with Gasteiger partial charge in [-0.3, -0.25) is 0 Å². The number of benzene rings is 1. The first-order valence-corrected chi connectivity index (χ1v) is 6.20. The second-order valence-electron chi connectivity index (χ2n) is 3.66. The fraction of sp³-hybridized carbons (Fsp3) is 0.273. The summed E-state index contributed by atoms with van der Waals surface area (Å²) in [5.41, 5.74) is 2.13. The van der Waals surface area contributed by atoms with Crippen molar-refractivity contribution in [2.45, 2.75) is 11.8 Å². The summed E-state index contributed by atoms with van der Waals surface area (Å²) in [6.45, 7) is 0. The summed E-state index contributed by atoms with van der Waals surface area (Å²) < 4.78 is 20.0. The van der Waals surface area contributed by atoms with E-state index >= 15 is 0 Å². The zero-order valence-corrected chi connectivity index (χ0v) is 9.75. The molecule has 0 saturated carbocycles. The Morgan fingerprint density at radius 1 is 1.50 bits per heavy atom. The lowest BCUT2D eigenvalue weighted by atomic mass is 10.1. The second kappa shape index (κ2) is 4.78. The van der Waals surface area contributed by atoms with Gasteiger partial charge in [0.25, 0.3) is 0 Å². The lowest BCUT2D eigenvalue weighted by Gasteiger charge is -2.11. The highest BCUT2D eigenvalue weighted by Crippen LogP contribution is 2.15. The molecule has 2 atom stereocenters. The molecule has 86 valence electrons. The SMILES string of the molecule is CNC(Cc1ccc2[nH]ccc2c1)S(=O)O. The van der Waals surface area contributed by atoms with Crippen LogP contribution in [-0.2, 0) is 17.5 Å². The van der Waals surface area contributed by atoms with E-state index < -0.39 is 16.5 Å². The van der Waals surface area contributed by atoms with Crippen LogP contribution in [0, 0.1) is 0 Å². The Morgan fingerprint density at radius 2 is 2.31 bits per heavy atom. The van der Waals surface area contributed by atoms with Crippen LogP contribution in [0.1, 0.15) is 5.56 Å². The van der Waals surface area contributed by atoms with E-state index in [-0.39, 0.29) is 0 Å². The first-order valence-electron chi connectivity index (χ1n) is 5.03. The van der Waals surface area contributed by atoms with Gasteiger partial charge < -0.3 is 14.9 Å². The average molecular weight is 238 g/mol. The van der Waals surface area contributed by atoms with Gasteiger partial charge in [-0.1, -0.05) is 6.07 Å². The smallest absolute Gasteiger partial charge is 0.170 e. The van der Waals surface area contributed by atoms with E-state index in [9.17, 15) is 4.21 Å². The fourth-order valence-electron chi connectivity index (χ4n) is 1.72. The van der Waals surface area contributed by atoms with E-state index in [1.807, 2.05) is 30.5 Å². The van der Waals surface area contributed by atoms with Crippen LogP contribution in [0.25, 0.3) is 10.9 Å². The van der Waals surface area contributed by atoms with Gasteiger partial charge in [0.15, 0.2) is 11.1 Å². The number of hydrogen-bond acceptors (Lipinski definition) is 2. The van der Waals surface area contributed by atoms with Gasteiger partial charge >= 0.3 is 0 Å². The van der Waals surface area contributed by atoms with Gasteiger partial charge in [0.2, 0.25) is 0 Å². The molecule has 0 saturated heterocycles. The van der Waals surface area contributed by atoms with E-state index in [0.717, 1.165) is 16.5 Å². The molecule has 16 heavy (non-hydrogen) atoms. The van der Waals surface area contributed by atoms with Crippen molar-refractivity contribution in [1.29, 1.82) is 0 Å². The third-order valence-electron chi connectivity index (χ3n) is 2.60. The molecule has 0 bridgehead atoms. The molecule has 0 radical (unpaired) electrons. The number of likely N-dealkylation sites (N-methyl/N-ethyl adjacent to an activating group) is 1. The Labute approximate surface area is 96.3 Å². The quantitative estimate of drug-likeness (QED) is 0.707. The number of hydrogen-bond donors (Lipinski definition) is 3. The first-order chi connectivity index (χ1) is 7.70. The molecular weight excluding hydrogens is 224 g/mol. The average Bonchev–Trinajstić information content (AvgIpc) is 2.72. The van der Waals surface area contributed by atoms with Crippen LogP contribution in [-0.4, -0.2) is 26.2 Å². The van der Waals surface area contributed by atoms with Crippen molar-refractivity contribution < 1.29 is 8.76 Å². The lowest BCUT2D eigenvalue weighted by Crippen LogP contribution is -2.31. The van der Waals surface area contributed by atoms with Crippen molar-refractivity contribution in [3.8, 4) is 0 Å². The molecule has 0 aliphatic heterocycles. The Morgan fingerprint density at radius 3 is 3.00 bits per heavy atom. The molecule has 0 amide bonds. The third kappa shape index (κ3) is 2.32. The Hall–Kier alpha value is -1.17. The summed E-state index contributed by atoms with van der Waals surface area (Å²) in [5.74, 6) is 0. The van der Waals surface area contributed by atoms with Crippen LogP contribution in [0.3, 0.4) is 0 Å². The number of H-pyrrole nitrogens is 1. The number of fused-ring (bicyclic) bond motifs is 1. The topological polar surface area (TPSA) is 65.1 Å². The molecule has 2 rings (SSSR count). The summed E-state index contributed by atoms with van der Waals surface area (Å²) in [6, 6.07) is 7.97. The van der Waals surface area contributed by atoms with Crippen LogP contribution >= 0.6 is 0 Å². The van der Waals surface area contributed by atoms with Crippen molar-refractivity contribution in [2.24, 2.45) is 0 Å². The van der Waals surface area contributed by atoms with Gasteiger partial charge in [-0.2, -0.15) is 0 Å². The molecule has 1 aromatic carbocycles. The first kappa shape index (κ1) is 11.3. The molecule has 0 aliphatic carbocycles. The summed E-state index contributed by atoms with van der Waals surface area (Å²) in [5, 5.41) is 3.54. The number of rotatable bonds is 4. The molecule has 0 fully saturated rings. The van der Waals surface area contributed by atoms with Gasteiger partial charge in [-0.25, -0.2) is 4.21 Å². The molecule has 2 unspecified atom stereocenters. The van der Waals surface area contributed by atoms with Crippen molar-refractivity contribution in [2.75, 3.05) is 7.05 Å². The Kier molecular flexibility index (Phi) is 3.38. The standard InChI is InChI=1S/C11H14N2O2S/c1-12-11(16(14)15)7-8-2-3-10-9(6-8)4-5-13-10/h2-6,11-13H,7H2,1H3,(H,14,15). The molecule has 0 spiro atoms. The molecular formula is C11H14N2O2S. The van der Waals surface area contributed by atoms with E-state index in [1.54, 1.807) is 7.05 Å². The third-order valence-corrected chi connectivity index (χ3v) is 3.49. The summed E-state index contributed by atoms with van der Waals surface area (Å²) >= 11 is -1.85. The largest absolute Gasteiger partial charge is 0.361 e. The maximum absolute atomic E-state index is 11.0. The van der Waals surface area contributed by atoms with Gasteiger partial charge in [-0.15, -0.1) is 0 Å². The van der Waals surface area contributed by atoms with Crippen LogP contribution in [0.15, 0.2) is 30.5 Å². The summed E-state index contributed by atoms with van der Waals surface area (Å²) in [6.07, 6.45) is 2.43. The fourth-order valence-corrected chi connectivity index (χ4v) is 2.25. The minimum absolute atomic E-state index is 0.420. The number of aromatic nitrogens is 1. The molecule has 4 nitrogen and oxygen atoms in total. The second-order valence-corrected chi connectivity index (χ2v) is 4.78.